The van der Waals surface area contributed by atoms with Gasteiger partial charge in [-0.25, -0.2) is 9.78 Å². The van der Waals surface area contributed by atoms with Crippen LogP contribution in [0.25, 0.3) is 22.3 Å². The van der Waals surface area contributed by atoms with Crippen LogP contribution in [0, 0.1) is 25.2 Å². The number of hydrogen-bond acceptors (Lipinski definition) is 4. The third-order valence-corrected chi connectivity index (χ3v) is 4.56. The van der Waals surface area contributed by atoms with Crippen LogP contribution < -0.4 is 11.2 Å². The van der Waals surface area contributed by atoms with Gasteiger partial charge in [0, 0.05) is 19.7 Å². The number of hydrogen-bond donors (Lipinski definition) is 0. The fourth-order valence-corrected chi connectivity index (χ4v) is 2.90. The van der Waals surface area contributed by atoms with Gasteiger partial charge < -0.3 is 0 Å². The van der Waals surface area contributed by atoms with Crippen LogP contribution >= 0.6 is 0 Å². The Bertz CT molecular complexity index is 1160. The summed E-state index contributed by atoms with van der Waals surface area (Å²) in [5.74, 6) is 0. The highest BCUT2D eigenvalue weighted by Gasteiger charge is 2.16. The fraction of sp³-hybridized carbons (Fsp3) is 0.263. The molecule has 0 aliphatic carbocycles. The molecule has 6 nitrogen and oxygen atoms in total. The third kappa shape index (κ3) is 2.64. The minimum atomic E-state index is -0.440. The summed E-state index contributed by atoms with van der Waals surface area (Å²) in [6.45, 7) is 4.04. The molecular weight excluding hydrogens is 316 g/mol. The van der Waals surface area contributed by atoms with Gasteiger partial charge in [-0.1, -0.05) is 12.1 Å². The van der Waals surface area contributed by atoms with E-state index in [2.05, 4.69) is 11.1 Å². The Labute approximate surface area is 144 Å². The average molecular weight is 334 g/mol. The monoisotopic (exact) mass is 334 g/mol. The minimum Gasteiger partial charge on any atom is -0.280 e. The van der Waals surface area contributed by atoms with E-state index in [9.17, 15) is 9.59 Å². The van der Waals surface area contributed by atoms with Gasteiger partial charge in [-0.2, -0.15) is 5.26 Å². The van der Waals surface area contributed by atoms with Crippen LogP contribution in [-0.2, 0) is 20.5 Å². The van der Waals surface area contributed by atoms with Crippen LogP contribution in [0.5, 0.6) is 0 Å². The Morgan fingerprint density at radius 3 is 2.44 bits per heavy atom. The molecule has 3 aromatic rings. The molecular formula is C19H18N4O2. The van der Waals surface area contributed by atoms with Crippen molar-refractivity contribution >= 4 is 11.0 Å². The van der Waals surface area contributed by atoms with Gasteiger partial charge in [0.05, 0.1) is 23.6 Å². The quantitative estimate of drug-likeness (QED) is 0.718. The van der Waals surface area contributed by atoms with Crippen molar-refractivity contribution in [2.24, 2.45) is 14.1 Å². The molecule has 0 saturated carbocycles. The van der Waals surface area contributed by atoms with Gasteiger partial charge in [0.1, 0.15) is 5.65 Å². The normalized spacial score (nSPS) is 10.8. The number of rotatable bonds is 2. The number of benzene rings is 1. The molecule has 0 aliphatic rings. The Balaban J connectivity index is 2.44. The number of nitrogens with zero attached hydrogens (tertiary/aromatic N) is 4. The molecule has 0 atom stereocenters. The Kier molecular flexibility index (Phi) is 4.01. The summed E-state index contributed by atoms with van der Waals surface area (Å²) in [5.41, 5.74) is 3.84. The van der Waals surface area contributed by atoms with Gasteiger partial charge in [0.15, 0.2) is 0 Å². The molecule has 25 heavy (non-hydrogen) atoms. The summed E-state index contributed by atoms with van der Waals surface area (Å²) in [7, 11) is 3.01. The average Bonchev–Trinajstić information content (AvgIpc) is 2.60. The first-order valence-electron chi connectivity index (χ1n) is 7.89. The predicted octanol–water partition coefficient (Wildman–Crippen LogP) is 1.98. The van der Waals surface area contributed by atoms with Gasteiger partial charge in [0.2, 0.25) is 0 Å². The van der Waals surface area contributed by atoms with E-state index in [1.165, 1.54) is 17.2 Å². The van der Waals surface area contributed by atoms with Crippen LogP contribution in [0.3, 0.4) is 0 Å². The lowest BCUT2D eigenvalue weighted by Crippen LogP contribution is -2.37. The van der Waals surface area contributed by atoms with Gasteiger partial charge >= 0.3 is 5.69 Å². The third-order valence-electron chi connectivity index (χ3n) is 4.56. The second-order valence-electron chi connectivity index (χ2n) is 6.20. The summed E-state index contributed by atoms with van der Waals surface area (Å²) in [6.07, 6.45) is 0.0737. The fourth-order valence-electron chi connectivity index (χ4n) is 2.90. The van der Waals surface area contributed by atoms with Crippen molar-refractivity contribution in [3.8, 4) is 17.3 Å². The number of nitriles is 1. The second kappa shape index (κ2) is 6.02. The van der Waals surface area contributed by atoms with E-state index >= 15 is 0 Å². The van der Waals surface area contributed by atoms with Gasteiger partial charge in [-0.05, 0) is 42.7 Å². The standard InChI is InChI=1S/C19H18N4O2/c1-11-5-6-13(9-12(11)2)15-10-14(7-8-20)16-17(21-15)22(3)19(25)23(4)18(16)24/h5-6,9-10H,7H2,1-4H3. The maximum atomic E-state index is 12.5. The smallest absolute Gasteiger partial charge is 0.280 e. The lowest BCUT2D eigenvalue weighted by molar-refractivity contribution is 0.707. The van der Waals surface area contributed by atoms with Gasteiger partial charge in [0.25, 0.3) is 5.56 Å². The van der Waals surface area contributed by atoms with E-state index in [0.717, 1.165) is 15.7 Å². The van der Waals surface area contributed by atoms with Crippen LogP contribution in [0.2, 0.25) is 0 Å². The van der Waals surface area contributed by atoms with Crippen molar-refractivity contribution in [2.45, 2.75) is 20.3 Å². The molecule has 0 saturated heterocycles. The van der Waals surface area contributed by atoms with Crippen molar-refractivity contribution in [1.29, 1.82) is 5.26 Å². The topological polar surface area (TPSA) is 80.7 Å². The molecule has 0 amide bonds. The summed E-state index contributed by atoms with van der Waals surface area (Å²) in [4.78, 5) is 29.3. The second-order valence-corrected chi connectivity index (χ2v) is 6.20. The van der Waals surface area contributed by atoms with Crippen LogP contribution in [0.4, 0.5) is 0 Å². The van der Waals surface area contributed by atoms with Crippen LogP contribution in [0.15, 0.2) is 33.9 Å². The molecule has 0 fully saturated rings. The van der Waals surface area contributed by atoms with E-state index in [4.69, 9.17) is 5.26 Å². The van der Waals surface area contributed by atoms with Gasteiger partial charge in [-0.3, -0.25) is 13.9 Å². The summed E-state index contributed by atoms with van der Waals surface area (Å²) >= 11 is 0. The highest BCUT2D eigenvalue weighted by atomic mass is 16.2. The van der Waals surface area contributed by atoms with Crippen molar-refractivity contribution in [3.63, 3.8) is 0 Å². The Morgan fingerprint density at radius 1 is 1.08 bits per heavy atom. The number of pyridine rings is 1. The van der Waals surface area contributed by atoms with Gasteiger partial charge in [-0.15, -0.1) is 0 Å². The molecule has 126 valence electrons. The lowest BCUT2D eigenvalue weighted by atomic mass is 10.0. The first-order valence-corrected chi connectivity index (χ1v) is 7.89. The molecule has 2 heterocycles. The van der Waals surface area contributed by atoms with Crippen LogP contribution in [0.1, 0.15) is 16.7 Å². The van der Waals surface area contributed by atoms with E-state index in [0.29, 0.717) is 22.3 Å². The summed E-state index contributed by atoms with van der Waals surface area (Å²) < 4.78 is 2.39. The molecule has 0 spiro atoms. The molecule has 6 heteroatoms. The molecule has 0 radical (unpaired) electrons. The van der Waals surface area contributed by atoms with E-state index < -0.39 is 11.2 Å². The Morgan fingerprint density at radius 2 is 1.80 bits per heavy atom. The van der Waals surface area contributed by atoms with Crippen molar-refractivity contribution in [3.05, 3.63) is 61.8 Å². The number of aryl methyl sites for hydroxylation is 3. The maximum Gasteiger partial charge on any atom is 0.332 e. The zero-order chi connectivity index (χ0) is 18.3. The zero-order valence-corrected chi connectivity index (χ0v) is 14.6. The molecule has 0 unspecified atom stereocenters. The first-order chi connectivity index (χ1) is 11.8. The van der Waals surface area contributed by atoms with E-state index in [1.807, 2.05) is 32.0 Å². The number of aromatic nitrogens is 3. The molecule has 0 N–H and O–H groups in total. The predicted molar refractivity (Wildman–Crippen MR) is 96.5 cm³/mol. The van der Waals surface area contributed by atoms with Crippen LogP contribution in [-0.4, -0.2) is 14.1 Å². The molecule has 0 bridgehead atoms. The first kappa shape index (κ1) is 16.7. The van der Waals surface area contributed by atoms with Crippen molar-refractivity contribution < 1.29 is 0 Å². The molecule has 2 aromatic heterocycles. The maximum absolute atomic E-state index is 12.5. The van der Waals surface area contributed by atoms with Crippen molar-refractivity contribution in [1.82, 2.24) is 14.1 Å². The molecule has 0 aliphatic heterocycles. The number of fused-ring (bicyclic) bond motifs is 1. The summed E-state index contributed by atoms with van der Waals surface area (Å²) in [6, 6.07) is 9.82. The minimum absolute atomic E-state index is 0.0737. The van der Waals surface area contributed by atoms with E-state index in [-0.39, 0.29) is 6.42 Å². The highest BCUT2D eigenvalue weighted by Crippen LogP contribution is 2.24. The summed E-state index contributed by atoms with van der Waals surface area (Å²) in [5, 5.41) is 9.48. The zero-order valence-electron chi connectivity index (χ0n) is 14.6. The van der Waals surface area contributed by atoms with E-state index in [1.54, 1.807) is 13.1 Å². The lowest BCUT2D eigenvalue weighted by Gasteiger charge is -2.12. The van der Waals surface area contributed by atoms with Crippen molar-refractivity contribution in [2.75, 3.05) is 0 Å². The SMILES string of the molecule is Cc1ccc(-c2cc(CC#N)c3c(=O)n(C)c(=O)n(C)c3n2)cc1C. The Hall–Kier alpha value is -3.20. The molecule has 1 aromatic carbocycles. The largest absolute Gasteiger partial charge is 0.332 e. The highest BCUT2D eigenvalue weighted by molar-refractivity contribution is 5.82. The molecule has 3 rings (SSSR count).